The van der Waals surface area contributed by atoms with Gasteiger partial charge in [-0.2, -0.15) is 4.98 Å². The van der Waals surface area contributed by atoms with Crippen LogP contribution in [-0.2, 0) is 6.42 Å². The quantitative estimate of drug-likeness (QED) is 0.346. The van der Waals surface area contributed by atoms with E-state index >= 15 is 0 Å². The summed E-state index contributed by atoms with van der Waals surface area (Å²) in [7, 11) is 1.68. The summed E-state index contributed by atoms with van der Waals surface area (Å²) >= 11 is 0. The molecule has 0 amide bonds. The molecule has 4 aromatic rings. The number of nitrogens with zero attached hydrogens (tertiary/aromatic N) is 8. The van der Waals surface area contributed by atoms with Crippen LogP contribution in [0.3, 0.4) is 0 Å². The first kappa shape index (κ1) is 25.8. The van der Waals surface area contributed by atoms with Crippen LogP contribution in [0, 0.1) is 0 Å². The minimum atomic E-state index is 0.484. The molecule has 0 spiro atoms. The van der Waals surface area contributed by atoms with E-state index in [0.29, 0.717) is 11.9 Å². The molecule has 0 bridgehead atoms. The molecule has 0 saturated carbocycles. The van der Waals surface area contributed by atoms with Crippen molar-refractivity contribution in [2.75, 3.05) is 79.5 Å². The SMILES string of the molecule is COc1cc(N2CCNCC2)ccc1Nc1ncnc(N2CCN(c3ncc(Cc4ccccc4)cn3)CC2)n1. The molecule has 2 aliphatic rings. The number of piperazine rings is 2. The summed E-state index contributed by atoms with van der Waals surface area (Å²) in [6, 6.07) is 16.6. The van der Waals surface area contributed by atoms with E-state index in [1.165, 1.54) is 5.56 Å². The second kappa shape index (κ2) is 12.1. The number of nitrogens with one attached hydrogen (secondary N) is 2. The normalized spacial score (nSPS) is 15.7. The molecule has 0 radical (unpaired) electrons. The van der Waals surface area contributed by atoms with E-state index in [4.69, 9.17) is 9.72 Å². The van der Waals surface area contributed by atoms with Crippen LogP contribution in [0.25, 0.3) is 0 Å². The number of aromatic nitrogens is 5. The Kier molecular flexibility index (Phi) is 7.80. The highest BCUT2D eigenvalue weighted by Crippen LogP contribution is 2.31. The van der Waals surface area contributed by atoms with Gasteiger partial charge in [-0.15, -0.1) is 0 Å². The second-order valence-corrected chi connectivity index (χ2v) is 9.88. The predicted molar refractivity (Wildman–Crippen MR) is 157 cm³/mol. The molecule has 0 aliphatic carbocycles. The van der Waals surface area contributed by atoms with Crippen LogP contribution in [0.1, 0.15) is 11.1 Å². The number of hydrogen-bond donors (Lipinski definition) is 2. The lowest BCUT2D eigenvalue weighted by Crippen LogP contribution is -2.47. The summed E-state index contributed by atoms with van der Waals surface area (Å²) < 4.78 is 5.68. The largest absolute Gasteiger partial charge is 0.494 e. The minimum Gasteiger partial charge on any atom is -0.494 e. The summed E-state index contributed by atoms with van der Waals surface area (Å²) in [5.41, 5.74) is 4.32. The summed E-state index contributed by atoms with van der Waals surface area (Å²) in [6.07, 6.45) is 6.23. The van der Waals surface area contributed by atoms with Crippen LogP contribution in [0.4, 0.5) is 29.2 Å². The van der Waals surface area contributed by atoms with E-state index in [0.717, 1.165) is 87.4 Å². The molecule has 206 valence electrons. The highest BCUT2D eigenvalue weighted by Gasteiger charge is 2.22. The van der Waals surface area contributed by atoms with Crippen molar-refractivity contribution in [2.24, 2.45) is 0 Å². The minimum absolute atomic E-state index is 0.484. The second-order valence-electron chi connectivity index (χ2n) is 9.88. The molecule has 2 N–H and O–H groups in total. The summed E-state index contributed by atoms with van der Waals surface area (Å²) in [6.45, 7) is 7.03. The molecule has 11 heteroatoms. The topological polar surface area (TPSA) is 107 Å². The van der Waals surface area contributed by atoms with Crippen molar-refractivity contribution >= 4 is 29.2 Å². The lowest BCUT2D eigenvalue weighted by Gasteiger charge is -2.34. The van der Waals surface area contributed by atoms with Crippen molar-refractivity contribution in [3.8, 4) is 5.75 Å². The van der Waals surface area contributed by atoms with Crippen LogP contribution >= 0.6 is 0 Å². The van der Waals surface area contributed by atoms with Crippen molar-refractivity contribution in [3.63, 3.8) is 0 Å². The number of ether oxygens (including phenoxy) is 1. The third-order valence-electron chi connectivity index (χ3n) is 7.26. The van der Waals surface area contributed by atoms with E-state index in [2.05, 4.69) is 81.7 Å². The smallest absolute Gasteiger partial charge is 0.232 e. The molecule has 4 heterocycles. The van der Waals surface area contributed by atoms with Crippen LogP contribution in [0.5, 0.6) is 5.75 Å². The zero-order valence-electron chi connectivity index (χ0n) is 22.7. The Hall–Kier alpha value is -4.51. The first-order valence-corrected chi connectivity index (χ1v) is 13.7. The highest BCUT2D eigenvalue weighted by atomic mass is 16.5. The van der Waals surface area contributed by atoms with E-state index in [1.807, 2.05) is 24.5 Å². The third-order valence-corrected chi connectivity index (χ3v) is 7.26. The Morgan fingerprint density at radius 3 is 2.23 bits per heavy atom. The molecule has 0 unspecified atom stereocenters. The molecule has 2 saturated heterocycles. The average Bonchev–Trinajstić information content (AvgIpc) is 3.03. The van der Waals surface area contributed by atoms with E-state index < -0.39 is 0 Å². The Bertz CT molecular complexity index is 1390. The lowest BCUT2D eigenvalue weighted by molar-refractivity contribution is 0.416. The lowest BCUT2D eigenvalue weighted by atomic mass is 10.1. The summed E-state index contributed by atoms with van der Waals surface area (Å²) in [5, 5.41) is 6.70. The Balaban J connectivity index is 1.07. The zero-order valence-corrected chi connectivity index (χ0v) is 22.7. The molecule has 2 aromatic heterocycles. The van der Waals surface area contributed by atoms with Gasteiger partial charge in [0.1, 0.15) is 12.1 Å². The van der Waals surface area contributed by atoms with E-state index in [-0.39, 0.29) is 0 Å². The highest BCUT2D eigenvalue weighted by molar-refractivity contribution is 5.68. The fourth-order valence-electron chi connectivity index (χ4n) is 5.06. The van der Waals surface area contributed by atoms with Crippen LogP contribution in [-0.4, -0.2) is 84.4 Å². The summed E-state index contributed by atoms with van der Waals surface area (Å²) in [5.74, 6) is 2.64. The average molecular weight is 539 g/mol. The first-order chi connectivity index (χ1) is 19.7. The van der Waals surface area contributed by atoms with Crippen molar-refractivity contribution < 1.29 is 4.74 Å². The van der Waals surface area contributed by atoms with Crippen molar-refractivity contribution in [3.05, 3.63) is 78.4 Å². The molecular formula is C29H34N10O. The number of methoxy groups -OCH3 is 1. The van der Waals surface area contributed by atoms with Gasteiger partial charge in [-0.3, -0.25) is 0 Å². The van der Waals surface area contributed by atoms with Gasteiger partial charge in [0.05, 0.1) is 12.8 Å². The molecular weight excluding hydrogens is 504 g/mol. The molecule has 2 aliphatic heterocycles. The Morgan fingerprint density at radius 2 is 1.50 bits per heavy atom. The zero-order chi connectivity index (χ0) is 27.1. The Labute approximate surface area is 234 Å². The Morgan fingerprint density at radius 1 is 0.775 bits per heavy atom. The van der Waals surface area contributed by atoms with Gasteiger partial charge in [-0.25, -0.2) is 19.9 Å². The third kappa shape index (κ3) is 6.04. The summed E-state index contributed by atoms with van der Waals surface area (Å²) in [4.78, 5) is 29.5. The van der Waals surface area contributed by atoms with Crippen LogP contribution in [0.15, 0.2) is 67.3 Å². The molecule has 0 atom stereocenters. The maximum absolute atomic E-state index is 5.68. The van der Waals surface area contributed by atoms with E-state index in [9.17, 15) is 0 Å². The van der Waals surface area contributed by atoms with Crippen LogP contribution in [0.2, 0.25) is 0 Å². The van der Waals surface area contributed by atoms with Crippen LogP contribution < -0.4 is 30.1 Å². The maximum Gasteiger partial charge on any atom is 0.232 e. The number of rotatable bonds is 8. The van der Waals surface area contributed by atoms with Gasteiger partial charge in [0, 0.05) is 82.9 Å². The van der Waals surface area contributed by atoms with Gasteiger partial charge in [-0.1, -0.05) is 30.3 Å². The number of hydrogen-bond acceptors (Lipinski definition) is 11. The molecule has 40 heavy (non-hydrogen) atoms. The molecule has 11 nitrogen and oxygen atoms in total. The van der Waals surface area contributed by atoms with Gasteiger partial charge < -0.3 is 30.1 Å². The monoisotopic (exact) mass is 538 g/mol. The molecule has 6 rings (SSSR count). The van der Waals surface area contributed by atoms with Crippen molar-refractivity contribution in [1.29, 1.82) is 0 Å². The fraction of sp³-hybridized carbons (Fsp3) is 0.345. The first-order valence-electron chi connectivity index (χ1n) is 13.7. The number of benzene rings is 2. The van der Waals surface area contributed by atoms with Crippen molar-refractivity contribution in [1.82, 2.24) is 30.2 Å². The van der Waals surface area contributed by atoms with Gasteiger partial charge in [0.15, 0.2) is 0 Å². The fourth-order valence-corrected chi connectivity index (χ4v) is 5.06. The van der Waals surface area contributed by atoms with Gasteiger partial charge in [0.2, 0.25) is 17.8 Å². The standard InChI is InChI=1S/C29H34N10O/c1-40-26-18-24(37-11-9-30-10-12-37)7-8-25(26)35-27-33-21-34-29(36-27)39-15-13-38(14-16-39)28-31-19-23(20-32-28)17-22-5-3-2-4-6-22/h2-8,18-21,30H,9-17H2,1H3,(H,33,34,35,36). The van der Waals surface area contributed by atoms with Gasteiger partial charge in [0.25, 0.3) is 0 Å². The van der Waals surface area contributed by atoms with Gasteiger partial charge >= 0.3 is 0 Å². The molecule has 2 aromatic carbocycles. The maximum atomic E-state index is 5.68. The molecule has 2 fully saturated rings. The van der Waals surface area contributed by atoms with E-state index in [1.54, 1.807) is 13.4 Å². The number of anilines is 5. The van der Waals surface area contributed by atoms with Gasteiger partial charge in [-0.05, 0) is 23.3 Å². The predicted octanol–water partition coefficient (Wildman–Crippen LogP) is 2.74. The van der Waals surface area contributed by atoms with Crippen molar-refractivity contribution in [2.45, 2.75) is 6.42 Å².